The van der Waals surface area contributed by atoms with Crippen molar-refractivity contribution in [2.24, 2.45) is 0 Å². The van der Waals surface area contributed by atoms with Crippen LogP contribution in [-0.2, 0) is 9.53 Å². The summed E-state index contributed by atoms with van der Waals surface area (Å²) in [6.45, 7) is 5.29. The molecule has 2 aromatic carbocycles. The maximum atomic E-state index is 12.8. The number of carboxylic acid groups (broad SMARTS) is 1. The molecule has 0 fully saturated rings. The van der Waals surface area contributed by atoms with Gasteiger partial charge in [0.25, 0.3) is 0 Å². The molecule has 27 heavy (non-hydrogen) atoms. The Morgan fingerprint density at radius 3 is 2.11 bits per heavy atom. The highest BCUT2D eigenvalue weighted by atomic mass is 16.6. The zero-order chi connectivity index (χ0) is 20.0. The van der Waals surface area contributed by atoms with Crippen LogP contribution in [0.4, 0.5) is 10.5 Å². The fourth-order valence-electron chi connectivity index (χ4n) is 2.56. The fourth-order valence-corrected chi connectivity index (χ4v) is 2.56. The Kier molecular flexibility index (Phi) is 6.34. The molecule has 1 amide bonds. The van der Waals surface area contributed by atoms with Gasteiger partial charge in [0.2, 0.25) is 0 Å². The van der Waals surface area contributed by atoms with Crippen molar-refractivity contribution in [1.29, 1.82) is 0 Å². The third-order valence-corrected chi connectivity index (χ3v) is 3.71. The summed E-state index contributed by atoms with van der Waals surface area (Å²) < 4.78 is 5.18. The Bertz CT molecular complexity index is 807. The zero-order valence-corrected chi connectivity index (χ0v) is 15.6. The van der Waals surface area contributed by atoms with Gasteiger partial charge in [0, 0.05) is 11.3 Å². The number of benzene rings is 2. The first-order valence-electron chi connectivity index (χ1n) is 8.57. The number of amides is 1. The van der Waals surface area contributed by atoms with Crippen molar-refractivity contribution < 1.29 is 24.2 Å². The van der Waals surface area contributed by atoms with E-state index in [1.54, 1.807) is 69.3 Å². The molecular formula is C21H23NO5. The van der Waals surface area contributed by atoms with Crippen LogP contribution in [0.25, 0.3) is 0 Å². The molecule has 0 unspecified atom stereocenters. The van der Waals surface area contributed by atoms with E-state index in [-0.39, 0.29) is 12.2 Å². The molecule has 2 rings (SSSR count). The van der Waals surface area contributed by atoms with Crippen LogP contribution in [0.5, 0.6) is 0 Å². The van der Waals surface area contributed by atoms with Crippen LogP contribution in [-0.4, -0.2) is 28.6 Å². The molecular weight excluding hydrogens is 346 g/mol. The van der Waals surface area contributed by atoms with Gasteiger partial charge in [-0.15, -0.1) is 0 Å². The van der Waals surface area contributed by atoms with Gasteiger partial charge in [0.05, 0.1) is 12.3 Å². The number of carbonyl (C=O) groups is 3. The lowest BCUT2D eigenvalue weighted by Crippen LogP contribution is -2.27. The number of ketones is 1. The largest absolute Gasteiger partial charge is 0.481 e. The molecule has 0 heterocycles. The Balaban J connectivity index is 2.15. The van der Waals surface area contributed by atoms with Gasteiger partial charge in [-0.3, -0.25) is 14.9 Å². The van der Waals surface area contributed by atoms with Crippen LogP contribution in [0, 0.1) is 0 Å². The van der Waals surface area contributed by atoms with Crippen LogP contribution < -0.4 is 5.32 Å². The number of hydrogen-bond donors (Lipinski definition) is 2. The number of carboxylic acids is 1. The standard InChI is InChI=1S/C21H23NO5/c1-21(2,3)27-20(26)22-16-11-9-15(10-12-16)19(25)17(13-18(23)24)14-7-5-4-6-8-14/h4-12,17H,13H2,1-3H3,(H,22,26)(H,23,24)/t17-/m1/s1. The normalized spacial score (nSPS) is 12.1. The molecule has 2 aromatic rings. The molecule has 0 bridgehead atoms. The third kappa shape index (κ3) is 6.26. The van der Waals surface area contributed by atoms with Crippen molar-refractivity contribution >= 4 is 23.5 Å². The van der Waals surface area contributed by atoms with Crippen molar-refractivity contribution in [2.75, 3.05) is 5.32 Å². The van der Waals surface area contributed by atoms with Crippen LogP contribution in [0.15, 0.2) is 54.6 Å². The van der Waals surface area contributed by atoms with E-state index in [1.165, 1.54) is 0 Å². The van der Waals surface area contributed by atoms with E-state index in [2.05, 4.69) is 5.32 Å². The highest BCUT2D eigenvalue weighted by molar-refractivity contribution is 6.03. The van der Waals surface area contributed by atoms with Crippen LogP contribution in [0.3, 0.4) is 0 Å². The highest BCUT2D eigenvalue weighted by Gasteiger charge is 2.25. The molecule has 0 spiro atoms. The van der Waals surface area contributed by atoms with E-state index in [0.29, 0.717) is 16.8 Å². The molecule has 0 saturated heterocycles. The molecule has 6 heteroatoms. The summed E-state index contributed by atoms with van der Waals surface area (Å²) in [6, 6.07) is 15.1. The van der Waals surface area contributed by atoms with Crippen molar-refractivity contribution in [2.45, 2.75) is 38.7 Å². The summed E-state index contributed by atoms with van der Waals surface area (Å²) in [6.07, 6.45) is -0.879. The minimum absolute atomic E-state index is 0.285. The average Bonchev–Trinajstić information content (AvgIpc) is 2.58. The van der Waals surface area contributed by atoms with E-state index in [4.69, 9.17) is 9.84 Å². The summed E-state index contributed by atoms with van der Waals surface area (Å²) in [4.78, 5) is 35.8. The van der Waals surface area contributed by atoms with Gasteiger partial charge in [0.15, 0.2) is 5.78 Å². The number of ether oxygens (including phenoxy) is 1. The van der Waals surface area contributed by atoms with E-state index in [9.17, 15) is 14.4 Å². The van der Waals surface area contributed by atoms with Gasteiger partial charge in [-0.2, -0.15) is 0 Å². The summed E-state index contributed by atoms with van der Waals surface area (Å²) in [7, 11) is 0. The summed E-state index contributed by atoms with van der Waals surface area (Å²) in [5.41, 5.74) is 0.899. The Hall–Kier alpha value is -3.15. The smallest absolute Gasteiger partial charge is 0.412 e. The van der Waals surface area contributed by atoms with Gasteiger partial charge in [0.1, 0.15) is 5.60 Å². The molecule has 0 aliphatic carbocycles. The number of hydrogen-bond acceptors (Lipinski definition) is 4. The minimum Gasteiger partial charge on any atom is -0.481 e. The first kappa shape index (κ1) is 20.2. The first-order chi connectivity index (χ1) is 12.7. The highest BCUT2D eigenvalue weighted by Crippen LogP contribution is 2.25. The average molecular weight is 369 g/mol. The predicted molar refractivity (Wildman–Crippen MR) is 102 cm³/mol. The zero-order valence-electron chi connectivity index (χ0n) is 15.6. The maximum absolute atomic E-state index is 12.8. The maximum Gasteiger partial charge on any atom is 0.412 e. The Morgan fingerprint density at radius 2 is 1.59 bits per heavy atom. The van der Waals surface area contributed by atoms with E-state index < -0.39 is 23.6 Å². The van der Waals surface area contributed by atoms with E-state index in [0.717, 1.165) is 0 Å². The number of aliphatic carboxylic acids is 1. The molecule has 0 saturated carbocycles. The summed E-state index contributed by atoms with van der Waals surface area (Å²) >= 11 is 0. The van der Waals surface area contributed by atoms with Crippen molar-refractivity contribution in [3.05, 3.63) is 65.7 Å². The Morgan fingerprint density at radius 1 is 1.00 bits per heavy atom. The lowest BCUT2D eigenvalue weighted by atomic mass is 9.88. The van der Waals surface area contributed by atoms with Gasteiger partial charge in [-0.1, -0.05) is 30.3 Å². The number of carbonyl (C=O) groups excluding carboxylic acids is 2. The van der Waals surface area contributed by atoms with Gasteiger partial charge < -0.3 is 9.84 Å². The number of Topliss-reactive ketones (excluding diaryl/α,β-unsaturated/α-hetero) is 1. The second-order valence-electron chi connectivity index (χ2n) is 7.13. The van der Waals surface area contributed by atoms with Crippen molar-refractivity contribution in [3.8, 4) is 0 Å². The van der Waals surface area contributed by atoms with E-state index >= 15 is 0 Å². The molecule has 142 valence electrons. The SMILES string of the molecule is CC(C)(C)OC(=O)Nc1ccc(C(=O)[C@H](CC(=O)O)c2ccccc2)cc1. The van der Waals surface area contributed by atoms with Crippen LogP contribution >= 0.6 is 0 Å². The molecule has 0 radical (unpaired) electrons. The predicted octanol–water partition coefficient (Wildman–Crippen LogP) is 4.47. The second-order valence-corrected chi connectivity index (χ2v) is 7.13. The lowest BCUT2D eigenvalue weighted by molar-refractivity contribution is -0.137. The van der Waals surface area contributed by atoms with Crippen molar-refractivity contribution in [3.63, 3.8) is 0 Å². The lowest BCUT2D eigenvalue weighted by Gasteiger charge is -2.19. The van der Waals surface area contributed by atoms with Crippen LogP contribution in [0.2, 0.25) is 0 Å². The molecule has 1 atom stereocenters. The number of rotatable bonds is 6. The quantitative estimate of drug-likeness (QED) is 0.733. The minimum atomic E-state index is -1.04. The molecule has 2 N–H and O–H groups in total. The van der Waals surface area contributed by atoms with Gasteiger partial charge in [-0.25, -0.2) is 4.79 Å². The van der Waals surface area contributed by atoms with E-state index in [1.807, 2.05) is 6.07 Å². The molecule has 0 aromatic heterocycles. The molecule has 6 nitrogen and oxygen atoms in total. The molecule has 0 aliphatic heterocycles. The fraction of sp³-hybridized carbons (Fsp3) is 0.286. The Labute approximate surface area is 158 Å². The number of anilines is 1. The summed E-state index contributed by atoms with van der Waals surface area (Å²) in [5.74, 6) is -2.10. The monoisotopic (exact) mass is 369 g/mol. The first-order valence-corrected chi connectivity index (χ1v) is 8.57. The number of nitrogens with one attached hydrogen (secondary N) is 1. The van der Waals surface area contributed by atoms with Crippen molar-refractivity contribution in [1.82, 2.24) is 0 Å². The topological polar surface area (TPSA) is 92.7 Å². The third-order valence-electron chi connectivity index (χ3n) is 3.71. The second kappa shape index (κ2) is 8.49. The van der Waals surface area contributed by atoms with Gasteiger partial charge >= 0.3 is 12.1 Å². The molecule has 0 aliphatic rings. The van der Waals surface area contributed by atoms with Gasteiger partial charge in [-0.05, 0) is 50.6 Å². The van der Waals surface area contributed by atoms with Crippen LogP contribution in [0.1, 0.15) is 49.0 Å². The summed E-state index contributed by atoms with van der Waals surface area (Å²) in [5, 5.41) is 11.8.